The molecule has 2 aromatic rings. The lowest BCUT2D eigenvalue weighted by Gasteiger charge is -2.40. The summed E-state index contributed by atoms with van der Waals surface area (Å²) in [6.45, 7) is 0. The van der Waals surface area contributed by atoms with Gasteiger partial charge in [-0.2, -0.15) is 18.3 Å². The van der Waals surface area contributed by atoms with Gasteiger partial charge in [0.1, 0.15) is 16.1 Å². The fourth-order valence-electron chi connectivity index (χ4n) is 2.22. The van der Waals surface area contributed by atoms with Crippen molar-refractivity contribution in [1.29, 1.82) is 0 Å². The first-order valence-electron chi connectivity index (χ1n) is 7.51. The zero-order chi connectivity index (χ0) is 24.2. The predicted octanol–water partition coefficient (Wildman–Crippen LogP) is 6.77. The maximum absolute atomic E-state index is 13.3. The highest BCUT2D eigenvalue weighted by Gasteiger charge is 2.65. The number of benzene rings is 1. The van der Waals surface area contributed by atoms with Gasteiger partial charge in [0.15, 0.2) is 11.5 Å². The summed E-state index contributed by atoms with van der Waals surface area (Å²) in [5.74, 6) is -3.14. The van der Waals surface area contributed by atoms with Gasteiger partial charge in [-0.15, -0.1) is 0 Å². The maximum atomic E-state index is 13.3. The largest absolute Gasteiger partial charge is 0.477 e. The van der Waals surface area contributed by atoms with Crippen molar-refractivity contribution in [3.63, 3.8) is 0 Å². The van der Waals surface area contributed by atoms with Gasteiger partial charge in [-0.1, -0.05) is 42.6 Å². The summed E-state index contributed by atoms with van der Waals surface area (Å²) in [5, 5.41) is 9.94. The van der Waals surface area contributed by atoms with E-state index in [1.54, 1.807) is 0 Å². The van der Waals surface area contributed by atoms with E-state index in [0.29, 0.717) is 0 Å². The van der Waals surface area contributed by atoms with E-state index >= 15 is 0 Å². The first kappa shape index (κ1) is 25.0. The third-order valence-electron chi connectivity index (χ3n) is 3.40. The zero-order valence-corrected chi connectivity index (χ0v) is 17.4. The highest BCUT2D eigenvalue weighted by molar-refractivity contribution is 8.45. The molecule has 0 spiro atoms. The van der Waals surface area contributed by atoms with E-state index in [2.05, 4.69) is 10.1 Å². The molecule has 0 aliphatic carbocycles. The number of halogens is 10. The highest BCUT2D eigenvalue weighted by Crippen LogP contribution is 3.02. The van der Waals surface area contributed by atoms with Crippen LogP contribution in [0.15, 0.2) is 22.0 Å². The van der Waals surface area contributed by atoms with E-state index < -0.39 is 60.1 Å². The van der Waals surface area contributed by atoms with Crippen LogP contribution in [-0.4, -0.2) is 46.2 Å². The number of nitrogens with zero attached hydrogens (tertiary/aromatic N) is 4. The minimum absolute atomic E-state index is 0.117. The fraction of sp³-hybridized carbons (Fsp3) is 0.214. The molecule has 0 saturated heterocycles. The standard InChI is InChI=1S/C14H10Cl2F8N4O2S/c1-27(2)5-25-12-9(13(29)30)11(14(17,18)19)26-28(12)10-7(15)3-6(4-8(10)16)31(20,21,22,23)24/h3-5H,1-2H3,(H,29,30)/b25-5+. The Hall–Kier alpha value is -2.26. The molecule has 0 aliphatic rings. The Bertz CT molecular complexity index is 1070. The smallest absolute Gasteiger partial charge is 0.436 e. The summed E-state index contributed by atoms with van der Waals surface area (Å²) in [4.78, 5) is 13.7. The van der Waals surface area contributed by atoms with E-state index in [0.717, 1.165) is 6.34 Å². The number of hydrogen-bond donors (Lipinski definition) is 1. The van der Waals surface area contributed by atoms with Crippen LogP contribution in [0.3, 0.4) is 0 Å². The van der Waals surface area contributed by atoms with Crippen molar-refractivity contribution in [3.05, 3.63) is 33.4 Å². The van der Waals surface area contributed by atoms with Gasteiger partial charge < -0.3 is 10.0 Å². The number of rotatable bonds is 5. The second kappa shape index (κ2) is 6.87. The Morgan fingerprint density at radius 2 is 1.65 bits per heavy atom. The van der Waals surface area contributed by atoms with Crippen molar-refractivity contribution in [2.45, 2.75) is 11.1 Å². The van der Waals surface area contributed by atoms with Crippen LogP contribution in [0.4, 0.5) is 38.4 Å². The van der Waals surface area contributed by atoms with Crippen LogP contribution < -0.4 is 0 Å². The molecule has 0 saturated carbocycles. The topological polar surface area (TPSA) is 70.7 Å². The molecule has 174 valence electrons. The summed E-state index contributed by atoms with van der Waals surface area (Å²) in [5.41, 5.74) is -4.35. The molecule has 31 heavy (non-hydrogen) atoms. The summed E-state index contributed by atoms with van der Waals surface area (Å²) >= 11 is 11.3. The van der Waals surface area contributed by atoms with Gasteiger partial charge in [0.2, 0.25) is 0 Å². The third kappa shape index (κ3) is 5.33. The number of hydrogen-bond acceptors (Lipinski definition) is 3. The molecule has 1 heterocycles. The molecule has 2 rings (SSSR count). The summed E-state index contributed by atoms with van der Waals surface area (Å²) < 4.78 is 105. The Morgan fingerprint density at radius 1 is 1.16 bits per heavy atom. The highest BCUT2D eigenvalue weighted by atomic mass is 35.5. The van der Waals surface area contributed by atoms with Gasteiger partial charge >= 0.3 is 22.4 Å². The molecular formula is C14H10Cl2F8N4O2S. The minimum atomic E-state index is -10.2. The first-order chi connectivity index (χ1) is 13.6. The molecule has 0 unspecified atom stereocenters. The van der Waals surface area contributed by atoms with Crippen molar-refractivity contribution < 1.29 is 42.5 Å². The van der Waals surface area contributed by atoms with E-state index in [-0.39, 0.29) is 16.8 Å². The molecule has 0 bridgehead atoms. The number of carboxylic acid groups (broad SMARTS) is 1. The molecule has 6 nitrogen and oxygen atoms in total. The van der Waals surface area contributed by atoms with Crippen LogP contribution in [0.1, 0.15) is 16.1 Å². The van der Waals surface area contributed by atoms with Gasteiger partial charge in [0.25, 0.3) is 0 Å². The van der Waals surface area contributed by atoms with E-state index in [4.69, 9.17) is 23.2 Å². The Kier molecular flexibility index (Phi) is 5.54. The van der Waals surface area contributed by atoms with E-state index in [9.17, 15) is 42.5 Å². The fourth-order valence-corrected chi connectivity index (χ4v) is 3.67. The number of alkyl halides is 3. The van der Waals surface area contributed by atoms with Crippen molar-refractivity contribution >= 4 is 51.6 Å². The Balaban J connectivity index is 2.96. The number of carboxylic acids is 1. The number of aromatic carboxylic acids is 1. The molecule has 0 aliphatic heterocycles. The number of carbonyl (C=O) groups is 1. The maximum Gasteiger partial charge on any atom is 0.436 e. The number of aliphatic imine (C=N–C) groups is 1. The average Bonchev–Trinajstić information content (AvgIpc) is 2.89. The average molecular weight is 521 g/mol. The SMILES string of the molecule is CN(C)/C=N/c1c(C(=O)O)c(C(F)(F)F)nn1-c1c(Cl)cc(S(F)(F)(F)(F)F)cc1Cl. The van der Waals surface area contributed by atoms with E-state index in [1.165, 1.54) is 19.0 Å². The van der Waals surface area contributed by atoms with Crippen LogP contribution in [0, 0.1) is 0 Å². The lowest BCUT2D eigenvalue weighted by Crippen LogP contribution is -2.12. The Morgan fingerprint density at radius 3 is 2.00 bits per heavy atom. The van der Waals surface area contributed by atoms with Gasteiger partial charge in [0, 0.05) is 14.1 Å². The van der Waals surface area contributed by atoms with Gasteiger partial charge in [-0.05, 0) is 12.1 Å². The molecule has 0 radical (unpaired) electrons. The summed E-state index contributed by atoms with van der Waals surface area (Å²) in [6, 6.07) is -0.502. The van der Waals surface area contributed by atoms with E-state index in [1.807, 2.05) is 0 Å². The van der Waals surface area contributed by atoms with Crippen LogP contribution in [0.2, 0.25) is 10.0 Å². The first-order valence-corrected chi connectivity index (χ1v) is 10.2. The van der Waals surface area contributed by atoms with Crippen molar-refractivity contribution in [2.75, 3.05) is 14.1 Å². The minimum Gasteiger partial charge on any atom is -0.477 e. The molecule has 1 N–H and O–H groups in total. The van der Waals surface area contributed by atoms with Crippen molar-refractivity contribution in [2.24, 2.45) is 4.99 Å². The predicted molar refractivity (Wildman–Crippen MR) is 98.8 cm³/mol. The lowest BCUT2D eigenvalue weighted by atomic mass is 10.2. The zero-order valence-electron chi connectivity index (χ0n) is 15.1. The van der Waals surface area contributed by atoms with Gasteiger partial charge in [-0.25, -0.2) is 14.5 Å². The van der Waals surface area contributed by atoms with Crippen molar-refractivity contribution in [1.82, 2.24) is 14.7 Å². The quantitative estimate of drug-likeness (QED) is 0.268. The van der Waals surface area contributed by atoms with Crippen molar-refractivity contribution in [3.8, 4) is 5.69 Å². The van der Waals surface area contributed by atoms with Crippen LogP contribution in [-0.2, 0) is 6.18 Å². The molecular weight excluding hydrogens is 511 g/mol. The van der Waals surface area contributed by atoms with Crippen LogP contribution in [0.25, 0.3) is 5.69 Å². The van der Waals surface area contributed by atoms with Crippen LogP contribution >= 0.6 is 33.4 Å². The third-order valence-corrected chi connectivity index (χ3v) is 5.10. The monoisotopic (exact) mass is 520 g/mol. The summed E-state index contributed by atoms with van der Waals surface area (Å²) in [7, 11) is -7.50. The Labute approximate surface area is 178 Å². The summed E-state index contributed by atoms with van der Waals surface area (Å²) in [6.07, 6.45) is -4.46. The molecule has 17 heteroatoms. The van der Waals surface area contributed by atoms with Crippen LogP contribution in [0.5, 0.6) is 0 Å². The second-order valence-electron chi connectivity index (χ2n) is 6.17. The van der Waals surface area contributed by atoms with Gasteiger partial charge in [-0.3, -0.25) is 0 Å². The molecule has 0 amide bonds. The molecule has 1 aromatic carbocycles. The second-order valence-corrected chi connectivity index (χ2v) is 9.40. The molecule has 1 aromatic heterocycles. The number of aromatic nitrogens is 2. The molecule has 0 atom stereocenters. The normalized spacial score (nSPS) is 15.1. The lowest BCUT2D eigenvalue weighted by molar-refractivity contribution is -0.141. The molecule has 0 fully saturated rings. The van der Waals surface area contributed by atoms with Gasteiger partial charge in [0.05, 0.1) is 16.4 Å².